The van der Waals surface area contributed by atoms with Crippen LogP contribution in [0, 0.1) is 5.92 Å². The lowest BCUT2D eigenvalue weighted by Crippen LogP contribution is -2.27. The van der Waals surface area contributed by atoms with Gasteiger partial charge in [-0.3, -0.25) is 4.68 Å². The van der Waals surface area contributed by atoms with Crippen molar-refractivity contribution in [2.24, 2.45) is 5.92 Å². The van der Waals surface area contributed by atoms with E-state index in [1.807, 2.05) is 24.3 Å². The molecule has 0 saturated heterocycles. The molecule has 2 aromatic rings. The highest BCUT2D eigenvalue weighted by Gasteiger charge is 2.19. The Hall–Kier alpha value is -1.65. The lowest BCUT2D eigenvalue weighted by molar-refractivity contribution is 0.0872. The lowest BCUT2D eigenvalue weighted by Gasteiger charge is -2.22. The first-order valence-corrected chi connectivity index (χ1v) is 7.80. The van der Waals surface area contributed by atoms with Gasteiger partial charge in [-0.2, -0.15) is 5.10 Å². The van der Waals surface area contributed by atoms with E-state index >= 15 is 0 Å². The molecule has 0 aliphatic carbocycles. The molecule has 0 radical (unpaired) electrons. The highest BCUT2D eigenvalue weighted by atomic mass is 35.5. The largest absolute Gasteiger partial charge is 0.391 e. The molecule has 1 N–H and O–H groups in total. The maximum atomic E-state index is 10.6. The summed E-state index contributed by atoms with van der Waals surface area (Å²) in [7, 11) is 0. The van der Waals surface area contributed by atoms with E-state index in [0.717, 1.165) is 17.9 Å². The van der Waals surface area contributed by atoms with Crippen molar-refractivity contribution in [2.75, 3.05) is 0 Å². The van der Waals surface area contributed by atoms with Crippen LogP contribution in [-0.4, -0.2) is 26.0 Å². The van der Waals surface area contributed by atoms with Gasteiger partial charge in [0, 0.05) is 5.02 Å². The molecule has 0 spiro atoms. The smallest absolute Gasteiger partial charge is 0.137 e. The molecule has 22 heavy (non-hydrogen) atoms. The maximum Gasteiger partial charge on any atom is 0.137 e. The van der Waals surface area contributed by atoms with E-state index in [9.17, 15) is 5.11 Å². The van der Waals surface area contributed by atoms with Gasteiger partial charge in [0.25, 0.3) is 0 Å². The molecule has 4 nitrogen and oxygen atoms in total. The Labute approximate surface area is 136 Å². The molecule has 2 atom stereocenters. The molecule has 5 heteroatoms. The van der Waals surface area contributed by atoms with Gasteiger partial charge in [0.05, 0.1) is 12.6 Å². The van der Waals surface area contributed by atoms with Crippen LogP contribution < -0.4 is 0 Å². The van der Waals surface area contributed by atoms with Crippen molar-refractivity contribution in [3.8, 4) is 0 Å². The number of halogens is 1. The fraction of sp³-hybridized carbons (Fsp3) is 0.412. The number of hydrogen-bond donors (Lipinski definition) is 1. The highest BCUT2D eigenvalue weighted by Crippen LogP contribution is 2.20. The van der Waals surface area contributed by atoms with Crippen LogP contribution in [0.2, 0.25) is 5.02 Å². The molecule has 0 aliphatic rings. The van der Waals surface area contributed by atoms with Crippen LogP contribution in [0.1, 0.15) is 25.8 Å². The highest BCUT2D eigenvalue weighted by molar-refractivity contribution is 6.30. The minimum atomic E-state index is -0.479. The number of aromatic nitrogens is 3. The molecule has 118 valence electrons. The molecule has 1 aromatic heterocycles. The zero-order chi connectivity index (χ0) is 15.9. The van der Waals surface area contributed by atoms with Gasteiger partial charge in [-0.15, -0.1) is 0 Å². The summed E-state index contributed by atoms with van der Waals surface area (Å²) in [5, 5.41) is 15.4. The van der Waals surface area contributed by atoms with E-state index in [1.165, 1.54) is 17.5 Å². The van der Waals surface area contributed by atoms with Crippen molar-refractivity contribution in [2.45, 2.75) is 39.3 Å². The first-order valence-electron chi connectivity index (χ1n) is 7.43. The Morgan fingerprint density at radius 3 is 2.64 bits per heavy atom. The van der Waals surface area contributed by atoms with Gasteiger partial charge in [0.2, 0.25) is 0 Å². The summed E-state index contributed by atoms with van der Waals surface area (Å²) < 4.78 is 1.67. The topological polar surface area (TPSA) is 50.9 Å². The van der Waals surface area contributed by atoms with Crippen molar-refractivity contribution < 1.29 is 5.11 Å². The van der Waals surface area contributed by atoms with Crippen LogP contribution in [-0.2, 0) is 13.0 Å². The van der Waals surface area contributed by atoms with Crippen molar-refractivity contribution >= 4 is 11.6 Å². The van der Waals surface area contributed by atoms with E-state index < -0.39 is 6.10 Å². The van der Waals surface area contributed by atoms with E-state index in [2.05, 4.69) is 30.0 Å². The SMILES string of the molecule is CC(C)=CCC(Cc1ccc(Cl)cc1)C(O)Cn1cncn1. The normalized spacial score (nSPS) is 13.6. The number of nitrogens with zero attached hydrogens (tertiary/aromatic N) is 3. The van der Waals surface area contributed by atoms with E-state index in [1.54, 1.807) is 11.0 Å². The van der Waals surface area contributed by atoms with Gasteiger partial charge < -0.3 is 5.11 Å². The number of benzene rings is 1. The molecule has 0 amide bonds. The molecular weight excluding hydrogens is 298 g/mol. The molecule has 0 saturated carbocycles. The summed E-state index contributed by atoms with van der Waals surface area (Å²) in [5.41, 5.74) is 2.43. The summed E-state index contributed by atoms with van der Waals surface area (Å²) in [6.45, 7) is 4.60. The molecule has 0 fully saturated rings. The van der Waals surface area contributed by atoms with Crippen LogP contribution >= 0.6 is 11.6 Å². The number of rotatable bonds is 7. The molecule has 2 unspecified atom stereocenters. The van der Waals surface area contributed by atoms with Crippen molar-refractivity contribution in [3.63, 3.8) is 0 Å². The van der Waals surface area contributed by atoms with Crippen molar-refractivity contribution in [1.82, 2.24) is 14.8 Å². The standard InChI is InChI=1S/C17H22ClN3O/c1-13(2)3-6-15(9-14-4-7-16(18)8-5-14)17(22)10-21-12-19-11-20-21/h3-5,7-8,11-12,15,17,22H,6,9-10H2,1-2H3. The summed E-state index contributed by atoms with van der Waals surface area (Å²) in [6.07, 6.45) is 6.44. The summed E-state index contributed by atoms with van der Waals surface area (Å²) in [4.78, 5) is 3.92. The fourth-order valence-electron chi connectivity index (χ4n) is 2.35. The predicted octanol–water partition coefficient (Wildman–Crippen LogP) is 3.51. The van der Waals surface area contributed by atoms with Crippen LogP contribution in [0.3, 0.4) is 0 Å². The van der Waals surface area contributed by atoms with Crippen LogP contribution in [0.5, 0.6) is 0 Å². The summed E-state index contributed by atoms with van der Waals surface area (Å²) in [5.74, 6) is 0.125. The average Bonchev–Trinajstić information content (AvgIpc) is 2.98. The van der Waals surface area contributed by atoms with Gasteiger partial charge in [-0.05, 0) is 50.3 Å². The predicted molar refractivity (Wildman–Crippen MR) is 88.7 cm³/mol. The monoisotopic (exact) mass is 319 g/mol. The Balaban J connectivity index is 2.07. The molecule has 0 bridgehead atoms. The molecule has 1 aromatic carbocycles. The first kappa shape index (κ1) is 16.7. The first-order chi connectivity index (χ1) is 10.5. The maximum absolute atomic E-state index is 10.6. The second-order valence-electron chi connectivity index (χ2n) is 5.79. The van der Waals surface area contributed by atoms with Gasteiger partial charge in [-0.1, -0.05) is 35.4 Å². The molecular formula is C17H22ClN3O. The van der Waals surface area contributed by atoms with E-state index in [4.69, 9.17) is 11.6 Å². The second kappa shape index (κ2) is 8.11. The fourth-order valence-corrected chi connectivity index (χ4v) is 2.48. The number of allylic oxidation sites excluding steroid dienone is 2. The zero-order valence-electron chi connectivity index (χ0n) is 13.0. The van der Waals surface area contributed by atoms with Crippen LogP contribution in [0.25, 0.3) is 0 Å². The third-order valence-corrected chi connectivity index (χ3v) is 3.88. The Bertz CT molecular complexity index is 589. The Kier molecular flexibility index (Phi) is 6.16. The van der Waals surface area contributed by atoms with Crippen molar-refractivity contribution in [1.29, 1.82) is 0 Å². The van der Waals surface area contributed by atoms with Crippen LogP contribution in [0.4, 0.5) is 0 Å². The minimum Gasteiger partial charge on any atom is -0.391 e. The van der Waals surface area contributed by atoms with Gasteiger partial charge in [0.15, 0.2) is 0 Å². The minimum absolute atomic E-state index is 0.125. The summed E-state index contributed by atoms with van der Waals surface area (Å²) in [6, 6.07) is 7.80. The third kappa shape index (κ3) is 5.28. The number of aliphatic hydroxyl groups is 1. The summed E-state index contributed by atoms with van der Waals surface area (Å²) >= 11 is 5.93. The molecule has 0 aliphatic heterocycles. The number of aliphatic hydroxyl groups excluding tert-OH is 1. The average molecular weight is 320 g/mol. The van der Waals surface area contributed by atoms with E-state index in [0.29, 0.717) is 6.54 Å². The Morgan fingerprint density at radius 1 is 1.32 bits per heavy atom. The number of hydrogen-bond acceptors (Lipinski definition) is 3. The van der Waals surface area contributed by atoms with Gasteiger partial charge in [0.1, 0.15) is 12.7 Å². The van der Waals surface area contributed by atoms with Crippen LogP contribution in [0.15, 0.2) is 48.6 Å². The molecule has 1 heterocycles. The Morgan fingerprint density at radius 2 is 2.05 bits per heavy atom. The zero-order valence-corrected chi connectivity index (χ0v) is 13.7. The third-order valence-electron chi connectivity index (χ3n) is 3.62. The lowest BCUT2D eigenvalue weighted by atomic mass is 9.90. The molecule has 2 rings (SSSR count). The van der Waals surface area contributed by atoms with E-state index in [-0.39, 0.29) is 5.92 Å². The van der Waals surface area contributed by atoms with Crippen molar-refractivity contribution in [3.05, 3.63) is 59.2 Å². The quantitative estimate of drug-likeness (QED) is 0.795. The van der Waals surface area contributed by atoms with Gasteiger partial charge in [-0.25, -0.2) is 4.98 Å². The van der Waals surface area contributed by atoms with Gasteiger partial charge >= 0.3 is 0 Å². The second-order valence-corrected chi connectivity index (χ2v) is 6.23.